The highest BCUT2D eigenvalue weighted by atomic mass is 32.1. The maximum Gasteiger partial charge on any atom is 0.0589 e. The normalized spacial score (nSPS) is 25.7. The second-order valence-electron chi connectivity index (χ2n) is 4.86. The molecule has 1 atom stereocenters. The van der Waals surface area contributed by atoms with Crippen LogP contribution in [0.1, 0.15) is 29.3 Å². The maximum absolute atomic E-state index is 5.22. The molecule has 0 unspecified atom stereocenters. The summed E-state index contributed by atoms with van der Waals surface area (Å²) in [5, 5.41) is 2.26. The van der Waals surface area contributed by atoms with E-state index in [0.29, 0.717) is 6.04 Å². The molecule has 1 aromatic heterocycles. The molecule has 2 nitrogen and oxygen atoms in total. The van der Waals surface area contributed by atoms with Crippen LogP contribution in [0.3, 0.4) is 0 Å². The van der Waals surface area contributed by atoms with Gasteiger partial charge in [0, 0.05) is 31.1 Å². The molecule has 1 aromatic rings. The predicted molar refractivity (Wildman–Crippen MR) is 66.9 cm³/mol. The number of nitrogens with zero attached hydrogens (tertiary/aromatic N) is 1. The van der Waals surface area contributed by atoms with Crippen LogP contribution in [0, 0.1) is 5.92 Å². The lowest BCUT2D eigenvalue weighted by Gasteiger charge is -2.36. The van der Waals surface area contributed by atoms with Crippen molar-refractivity contribution >= 4 is 11.3 Å². The zero-order valence-electron chi connectivity index (χ0n) is 9.82. The van der Waals surface area contributed by atoms with Crippen LogP contribution < -0.4 is 0 Å². The Labute approximate surface area is 101 Å². The lowest BCUT2D eigenvalue weighted by atomic mass is 9.96. The van der Waals surface area contributed by atoms with Crippen molar-refractivity contribution in [1.82, 2.24) is 4.90 Å². The van der Waals surface area contributed by atoms with Crippen LogP contribution in [0.25, 0.3) is 0 Å². The predicted octanol–water partition coefficient (Wildman–Crippen LogP) is 2.70. The minimum atomic E-state index is 0.699. The summed E-state index contributed by atoms with van der Waals surface area (Å²) in [5.41, 5.74) is 1.62. The van der Waals surface area contributed by atoms with Gasteiger partial charge in [0.25, 0.3) is 0 Å². The van der Waals surface area contributed by atoms with Gasteiger partial charge in [-0.3, -0.25) is 4.90 Å². The van der Waals surface area contributed by atoms with E-state index < -0.39 is 0 Å². The van der Waals surface area contributed by atoms with Crippen LogP contribution in [0.4, 0.5) is 0 Å². The molecule has 0 amide bonds. The highest BCUT2D eigenvalue weighted by Crippen LogP contribution is 2.48. The monoisotopic (exact) mass is 237 g/mol. The lowest BCUT2D eigenvalue weighted by Crippen LogP contribution is -2.38. The van der Waals surface area contributed by atoms with Gasteiger partial charge < -0.3 is 4.74 Å². The smallest absolute Gasteiger partial charge is 0.0589 e. The Kier molecular flexibility index (Phi) is 3.01. The van der Waals surface area contributed by atoms with Crippen molar-refractivity contribution < 1.29 is 4.74 Å². The summed E-state index contributed by atoms with van der Waals surface area (Å²) in [6.45, 7) is 3.17. The Morgan fingerprint density at radius 2 is 2.38 bits per heavy atom. The van der Waals surface area contributed by atoms with Crippen molar-refractivity contribution in [3.63, 3.8) is 0 Å². The summed E-state index contributed by atoms with van der Waals surface area (Å²) < 4.78 is 5.22. The van der Waals surface area contributed by atoms with Gasteiger partial charge in [-0.2, -0.15) is 0 Å². The van der Waals surface area contributed by atoms with Crippen molar-refractivity contribution in [3.05, 3.63) is 21.9 Å². The van der Waals surface area contributed by atoms with Crippen LogP contribution >= 0.6 is 11.3 Å². The molecular formula is C13H19NOS. The summed E-state index contributed by atoms with van der Waals surface area (Å²) in [5.74, 6) is 0.922. The van der Waals surface area contributed by atoms with Crippen LogP contribution in [0.2, 0.25) is 0 Å². The van der Waals surface area contributed by atoms with Gasteiger partial charge in [0.1, 0.15) is 0 Å². The highest BCUT2D eigenvalue weighted by Gasteiger charge is 2.39. The van der Waals surface area contributed by atoms with Crippen molar-refractivity contribution in [3.8, 4) is 0 Å². The minimum absolute atomic E-state index is 0.699. The molecule has 2 aliphatic rings. The first-order chi connectivity index (χ1) is 7.90. The van der Waals surface area contributed by atoms with Crippen LogP contribution in [0.15, 0.2) is 11.4 Å². The number of rotatable bonds is 4. The first kappa shape index (κ1) is 10.8. The number of hydrogen-bond donors (Lipinski definition) is 0. The summed E-state index contributed by atoms with van der Waals surface area (Å²) in [6.07, 6.45) is 4.08. The fourth-order valence-corrected chi connectivity index (χ4v) is 3.73. The largest absolute Gasteiger partial charge is 0.383 e. The third-order valence-electron chi connectivity index (χ3n) is 3.77. The number of fused-ring (bicyclic) bond motifs is 1. The molecule has 0 bridgehead atoms. The quantitative estimate of drug-likeness (QED) is 0.798. The van der Waals surface area contributed by atoms with Crippen molar-refractivity contribution in [2.45, 2.75) is 25.3 Å². The first-order valence-corrected chi connectivity index (χ1v) is 7.07. The molecule has 0 aromatic carbocycles. The molecule has 1 saturated carbocycles. The van der Waals surface area contributed by atoms with Gasteiger partial charge in [-0.05, 0) is 42.2 Å². The second kappa shape index (κ2) is 4.47. The number of thiophene rings is 1. The molecule has 1 aliphatic heterocycles. The molecule has 88 valence electrons. The Morgan fingerprint density at radius 1 is 1.50 bits per heavy atom. The Balaban J connectivity index is 1.80. The van der Waals surface area contributed by atoms with E-state index in [4.69, 9.17) is 4.74 Å². The number of hydrogen-bond acceptors (Lipinski definition) is 3. The SMILES string of the molecule is COCCN1CCc2sccc2[C@@H]1C1CC1. The molecule has 0 spiro atoms. The van der Waals surface area contributed by atoms with Gasteiger partial charge in [-0.25, -0.2) is 0 Å². The molecule has 1 fully saturated rings. The number of ether oxygens (including phenoxy) is 1. The van der Waals surface area contributed by atoms with E-state index in [2.05, 4.69) is 16.3 Å². The van der Waals surface area contributed by atoms with Crippen LogP contribution in [-0.2, 0) is 11.2 Å². The molecule has 0 saturated heterocycles. The van der Waals surface area contributed by atoms with E-state index in [9.17, 15) is 0 Å². The molecular weight excluding hydrogens is 218 g/mol. The summed E-state index contributed by atoms with van der Waals surface area (Å²) in [4.78, 5) is 4.27. The average Bonchev–Trinajstić information content (AvgIpc) is 3.02. The van der Waals surface area contributed by atoms with Crippen molar-refractivity contribution in [1.29, 1.82) is 0 Å². The fourth-order valence-electron chi connectivity index (χ4n) is 2.82. The van der Waals surface area contributed by atoms with E-state index in [0.717, 1.165) is 19.1 Å². The summed E-state index contributed by atoms with van der Waals surface area (Å²) in [7, 11) is 1.80. The third-order valence-corrected chi connectivity index (χ3v) is 4.77. The Hall–Kier alpha value is -0.380. The topological polar surface area (TPSA) is 12.5 Å². The first-order valence-electron chi connectivity index (χ1n) is 6.19. The van der Waals surface area contributed by atoms with E-state index in [1.54, 1.807) is 17.6 Å². The van der Waals surface area contributed by atoms with Gasteiger partial charge in [-0.15, -0.1) is 11.3 Å². The van der Waals surface area contributed by atoms with E-state index in [-0.39, 0.29) is 0 Å². The molecule has 3 rings (SSSR count). The van der Waals surface area contributed by atoms with Crippen molar-refractivity contribution in [2.75, 3.05) is 26.8 Å². The zero-order valence-corrected chi connectivity index (χ0v) is 10.6. The minimum Gasteiger partial charge on any atom is -0.383 e. The highest BCUT2D eigenvalue weighted by molar-refractivity contribution is 7.10. The van der Waals surface area contributed by atoms with E-state index >= 15 is 0 Å². The Bertz CT molecular complexity index is 359. The molecule has 3 heteroatoms. The van der Waals surface area contributed by atoms with Gasteiger partial charge in [-0.1, -0.05) is 0 Å². The standard InChI is InChI=1S/C13H19NOS/c1-15-8-7-14-6-4-12-11(5-9-16-12)13(14)10-2-3-10/h5,9-10,13H,2-4,6-8H2,1H3/t13-/m0/s1. The molecule has 1 aliphatic carbocycles. The summed E-state index contributed by atoms with van der Waals surface area (Å²) >= 11 is 1.94. The number of methoxy groups -OCH3 is 1. The third kappa shape index (κ3) is 1.92. The van der Waals surface area contributed by atoms with Gasteiger partial charge in [0.05, 0.1) is 6.61 Å². The van der Waals surface area contributed by atoms with Gasteiger partial charge in [0.15, 0.2) is 0 Å². The average molecular weight is 237 g/mol. The molecule has 2 heterocycles. The van der Waals surface area contributed by atoms with Gasteiger partial charge >= 0.3 is 0 Å². The Morgan fingerprint density at radius 3 is 3.12 bits per heavy atom. The van der Waals surface area contributed by atoms with E-state index in [1.165, 1.54) is 25.8 Å². The molecule has 16 heavy (non-hydrogen) atoms. The molecule has 0 N–H and O–H groups in total. The maximum atomic E-state index is 5.22. The van der Waals surface area contributed by atoms with E-state index in [1.807, 2.05) is 11.3 Å². The molecule has 0 radical (unpaired) electrons. The lowest BCUT2D eigenvalue weighted by molar-refractivity contribution is 0.105. The van der Waals surface area contributed by atoms with Crippen LogP contribution in [0.5, 0.6) is 0 Å². The van der Waals surface area contributed by atoms with Crippen LogP contribution in [-0.4, -0.2) is 31.7 Å². The zero-order chi connectivity index (χ0) is 11.0. The summed E-state index contributed by atoms with van der Waals surface area (Å²) in [6, 6.07) is 3.05. The second-order valence-corrected chi connectivity index (χ2v) is 5.86. The fraction of sp³-hybridized carbons (Fsp3) is 0.692. The van der Waals surface area contributed by atoms with Crippen molar-refractivity contribution in [2.24, 2.45) is 5.92 Å². The van der Waals surface area contributed by atoms with Gasteiger partial charge in [0.2, 0.25) is 0 Å².